The number of carbonyl (C=O) groups is 3. The normalized spacial score (nSPS) is 21.3. The molecule has 29 heavy (non-hydrogen) atoms. The van der Waals surface area contributed by atoms with Crippen LogP contribution in [0.5, 0.6) is 0 Å². The predicted molar refractivity (Wildman–Crippen MR) is 105 cm³/mol. The SMILES string of the molecule is O=C(O)CN1C(=O)[C@@H](N[C@@H](COC2CCNCC2)C(=O)O)CCc2ccccc21. The third kappa shape index (κ3) is 5.53. The zero-order valence-corrected chi connectivity index (χ0v) is 16.2. The van der Waals surface area contributed by atoms with E-state index in [0.717, 1.165) is 31.5 Å². The molecule has 0 bridgehead atoms. The number of hydrogen-bond donors (Lipinski definition) is 4. The molecule has 0 unspecified atom stereocenters. The number of piperidine rings is 1. The number of rotatable bonds is 8. The maximum atomic E-state index is 13.1. The minimum Gasteiger partial charge on any atom is -0.480 e. The van der Waals surface area contributed by atoms with Crippen LogP contribution in [-0.4, -0.2) is 72.5 Å². The lowest BCUT2D eigenvalue weighted by Crippen LogP contribution is -2.54. The van der Waals surface area contributed by atoms with Gasteiger partial charge in [0.25, 0.3) is 0 Å². The summed E-state index contributed by atoms with van der Waals surface area (Å²) in [6.07, 6.45) is 2.55. The van der Waals surface area contributed by atoms with Crippen molar-refractivity contribution < 1.29 is 29.3 Å². The van der Waals surface area contributed by atoms with Crippen molar-refractivity contribution in [1.29, 1.82) is 0 Å². The Morgan fingerprint density at radius 2 is 1.93 bits per heavy atom. The van der Waals surface area contributed by atoms with E-state index >= 15 is 0 Å². The second-order valence-corrected chi connectivity index (χ2v) is 7.38. The van der Waals surface area contributed by atoms with Crippen molar-refractivity contribution in [2.75, 3.05) is 31.1 Å². The van der Waals surface area contributed by atoms with Crippen LogP contribution in [-0.2, 0) is 25.5 Å². The average Bonchev–Trinajstić information content (AvgIpc) is 2.83. The van der Waals surface area contributed by atoms with Crippen molar-refractivity contribution in [3.63, 3.8) is 0 Å². The summed E-state index contributed by atoms with van der Waals surface area (Å²) in [7, 11) is 0. The van der Waals surface area contributed by atoms with Crippen LogP contribution in [0.4, 0.5) is 5.69 Å². The Morgan fingerprint density at radius 1 is 1.21 bits per heavy atom. The number of aliphatic carboxylic acids is 2. The van der Waals surface area contributed by atoms with Crippen molar-refractivity contribution in [1.82, 2.24) is 10.6 Å². The van der Waals surface area contributed by atoms with E-state index in [-0.39, 0.29) is 12.7 Å². The summed E-state index contributed by atoms with van der Waals surface area (Å²) in [5, 5.41) is 25.0. The number of hydrogen-bond acceptors (Lipinski definition) is 6. The van der Waals surface area contributed by atoms with Crippen molar-refractivity contribution in [2.45, 2.75) is 43.9 Å². The molecule has 2 aliphatic rings. The van der Waals surface area contributed by atoms with Gasteiger partial charge in [-0.25, -0.2) is 0 Å². The quantitative estimate of drug-likeness (QED) is 0.484. The molecule has 0 aliphatic carbocycles. The number of carboxylic acid groups (broad SMARTS) is 2. The van der Waals surface area contributed by atoms with E-state index in [2.05, 4.69) is 10.6 Å². The van der Waals surface area contributed by atoms with Gasteiger partial charge in [0, 0.05) is 5.69 Å². The van der Waals surface area contributed by atoms with Gasteiger partial charge in [0.15, 0.2) is 0 Å². The number of carboxylic acids is 2. The Bertz CT molecular complexity index is 749. The summed E-state index contributed by atoms with van der Waals surface area (Å²) in [6, 6.07) is 5.30. The van der Waals surface area contributed by atoms with Crippen LogP contribution in [0.1, 0.15) is 24.8 Å². The van der Waals surface area contributed by atoms with Crippen LogP contribution in [0.25, 0.3) is 0 Å². The Labute approximate surface area is 169 Å². The number of carbonyl (C=O) groups excluding carboxylic acids is 1. The molecule has 0 aromatic heterocycles. The first-order valence-corrected chi connectivity index (χ1v) is 9.88. The zero-order valence-electron chi connectivity index (χ0n) is 16.2. The molecule has 2 heterocycles. The molecule has 0 spiro atoms. The molecule has 4 N–H and O–H groups in total. The lowest BCUT2D eigenvalue weighted by Gasteiger charge is -2.28. The van der Waals surface area contributed by atoms with E-state index in [1.54, 1.807) is 12.1 Å². The second kappa shape index (κ2) is 9.82. The van der Waals surface area contributed by atoms with E-state index in [1.165, 1.54) is 4.90 Å². The van der Waals surface area contributed by atoms with Gasteiger partial charge in [0.1, 0.15) is 12.6 Å². The molecular weight excluding hydrogens is 378 g/mol. The molecule has 3 rings (SSSR count). The lowest BCUT2D eigenvalue weighted by atomic mass is 10.1. The third-order valence-corrected chi connectivity index (χ3v) is 5.33. The molecule has 1 saturated heterocycles. The first-order chi connectivity index (χ1) is 14.0. The number of anilines is 1. The smallest absolute Gasteiger partial charge is 0.323 e. The number of benzene rings is 1. The van der Waals surface area contributed by atoms with Crippen molar-refractivity contribution in [2.24, 2.45) is 0 Å². The first kappa shape index (κ1) is 21.2. The predicted octanol–water partition coefficient (Wildman–Crippen LogP) is 0.230. The second-order valence-electron chi connectivity index (χ2n) is 7.38. The van der Waals surface area contributed by atoms with Crippen LogP contribution in [0.2, 0.25) is 0 Å². The molecular formula is C20H27N3O6. The molecule has 0 radical (unpaired) electrons. The van der Waals surface area contributed by atoms with E-state index in [0.29, 0.717) is 18.5 Å². The lowest BCUT2D eigenvalue weighted by molar-refractivity contribution is -0.143. The highest BCUT2D eigenvalue weighted by molar-refractivity contribution is 6.02. The highest BCUT2D eigenvalue weighted by Crippen LogP contribution is 2.27. The maximum Gasteiger partial charge on any atom is 0.323 e. The van der Waals surface area contributed by atoms with Crippen LogP contribution >= 0.6 is 0 Å². The fourth-order valence-electron chi connectivity index (χ4n) is 3.80. The van der Waals surface area contributed by atoms with Gasteiger partial charge in [-0.2, -0.15) is 0 Å². The molecule has 2 aliphatic heterocycles. The maximum absolute atomic E-state index is 13.1. The topological polar surface area (TPSA) is 128 Å². The highest BCUT2D eigenvalue weighted by Gasteiger charge is 2.34. The summed E-state index contributed by atoms with van der Waals surface area (Å²) in [6.45, 7) is 1.14. The molecule has 9 nitrogen and oxygen atoms in total. The van der Waals surface area contributed by atoms with Crippen molar-refractivity contribution in [3.8, 4) is 0 Å². The van der Waals surface area contributed by atoms with Gasteiger partial charge in [0.05, 0.1) is 18.8 Å². The largest absolute Gasteiger partial charge is 0.480 e. The van der Waals surface area contributed by atoms with Gasteiger partial charge in [-0.1, -0.05) is 18.2 Å². The van der Waals surface area contributed by atoms with Gasteiger partial charge in [0.2, 0.25) is 5.91 Å². The Balaban J connectivity index is 1.71. The monoisotopic (exact) mass is 405 g/mol. The van der Waals surface area contributed by atoms with Crippen LogP contribution in [0.15, 0.2) is 24.3 Å². The molecule has 2 atom stereocenters. The van der Waals surface area contributed by atoms with Crippen LogP contribution in [0.3, 0.4) is 0 Å². The summed E-state index contributed by atoms with van der Waals surface area (Å²) < 4.78 is 5.77. The highest BCUT2D eigenvalue weighted by atomic mass is 16.5. The molecule has 9 heteroatoms. The number of para-hydroxylation sites is 1. The number of amides is 1. The van der Waals surface area contributed by atoms with Crippen molar-refractivity contribution >= 4 is 23.5 Å². The molecule has 158 valence electrons. The number of aryl methyl sites for hydroxylation is 1. The van der Waals surface area contributed by atoms with Gasteiger partial charge < -0.3 is 20.3 Å². The molecule has 1 aromatic carbocycles. The molecule has 0 saturated carbocycles. The van der Waals surface area contributed by atoms with Crippen molar-refractivity contribution in [3.05, 3.63) is 29.8 Å². The van der Waals surface area contributed by atoms with Crippen LogP contribution < -0.4 is 15.5 Å². The minimum atomic E-state index is -1.13. The number of nitrogens with zero attached hydrogens (tertiary/aromatic N) is 1. The van der Waals surface area contributed by atoms with Gasteiger partial charge in [-0.15, -0.1) is 0 Å². The van der Waals surface area contributed by atoms with Gasteiger partial charge >= 0.3 is 11.9 Å². The number of fused-ring (bicyclic) bond motifs is 1. The van der Waals surface area contributed by atoms with E-state index in [1.807, 2.05) is 12.1 Å². The molecule has 1 aromatic rings. The zero-order chi connectivity index (χ0) is 20.8. The Hall–Kier alpha value is -2.49. The van der Waals surface area contributed by atoms with E-state index in [9.17, 15) is 24.6 Å². The standard InChI is InChI=1S/C20H27N3O6/c24-18(25)11-23-17-4-2-1-3-13(17)5-6-15(19(23)26)22-16(20(27)28)12-29-14-7-9-21-10-8-14/h1-4,14-16,21-22H,5-12H2,(H,24,25)(H,27,28)/t15-,16-/m0/s1. The summed E-state index contributed by atoms with van der Waals surface area (Å²) in [5.74, 6) is -2.67. The minimum absolute atomic E-state index is 0.00232. The van der Waals surface area contributed by atoms with Crippen LogP contribution in [0, 0.1) is 0 Å². The summed E-state index contributed by atoms with van der Waals surface area (Å²) >= 11 is 0. The number of ether oxygens (including phenoxy) is 1. The Kier molecular flexibility index (Phi) is 7.18. The van der Waals surface area contributed by atoms with E-state index < -0.39 is 36.5 Å². The average molecular weight is 405 g/mol. The van der Waals surface area contributed by atoms with E-state index in [4.69, 9.17) is 4.74 Å². The van der Waals surface area contributed by atoms with Gasteiger partial charge in [-0.3, -0.25) is 24.6 Å². The van der Waals surface area contributed by atoms with Gasteiger partial charge in [-0.05, 0) is 50.4 Å². The summed E-state index contributed by atoms with van der Waals surface area (Å²) in [5.41, 5.74) is 1.42. The fourth-order valence-corrected chi connectivity index (χ4v) is 3.80. The molecule has 1 amide bonds. The number of nitrogens with one attached hydrogen (secondary N) is 2. The first-order valence-electron chi connectivity index (χ1n) is 9.88. The fraction of sp³-hybridized carbons (Fsp3) is 0.550. The third-order valence-electron chi connectivity index (χ3n) is 5.33. The Morgan fingerprint density at radius 3 is 2.62 bits per heavy atom. The summed E-state index contributed by atoms with van der Waals surface area (Å²) in [4.78, 5) is 37.3. The molecule has 1 fully saturated rings.